The predicted molar refractivity (Wildman–Crippen MR) is 139 cm³/mol. The minimum Gasteiger partial charge on any atom is -0.378 e. The van der Waals surface area contributed by atoms with Gasteiger partial charge in [0, 0.05) is 30.9 Å². The third kappa shape index (κ3) is 4.97. The van der Waals surface area contributed by atoms with Gasteiger partial charge in [-0.1, -0.05) is 42.5 Å². The second-order valence-electron chi connectivity index (χ2n) is 8.59. The Balaban J connectivity index is 1.56. The fourth-order valence-corrected chi connectivity index (χ4v) is 4.39. The second kappa shape index (κ2) is 10.1. The average Bonchev–Trinajstić information content (AvgIpc) is 3.20. The zero-order chi connectivity index (χ0) is 24.2. The smallest absolute Gasteiger partial charge is 0.319 e. The van der Waals surface area contributed by atoms with Crippen LogP contribution in [0.2, 0.25) is 0 Å². The number of hydrogen-bond acceptors (Lipinski definition) is 5. The highest BCUT2D eigenvalue weighted by atomic mass is 16.5. The number of fused-ring (bicyclic) bond motifs is 1. The molecule has 0 atom stereocenters. The third-order valence-corrected chi connectivity index (χ3v) is 6.19. The molecule has 3 heterocycles. The number of aromatic nitrogens is 3. The molecule has 2 N–H and O–H groups in total. The molecule has 1 saturated heterocycles. The van der Waals surface area contributed by atoms with E-state index in [-0.39, 0.29) is 6.03 Å². The SMILES string of the molecule is CCNC(=O)Nc1ccc(-c2cc(N3CCOCC3)c3nc(C)n(Cc4ccccc4)c3n2)cc1. The Morgan fingerprint density at radius 3 is 2.49 bits per heavy atom. The molecule has 8 nitrogen and oxygen atoms in total. The van der Waals surface area contributed by atoms with Crippen molar-refractivity contribution in [2.45, 2.75) is 20.4 Å². The Kier molecular flexibility index (Phi) is 6.63. The van der Waals surface area contributed by atoms with Gasteiger partial charge in [-0.2, -0.15) is 0 Å². The second-order valence-corrected chi connectivity index (χ2v) is 8.59. The van der Waals surface area contributed by atoms with Gasteiger partial charge < -0.3 is 24.8 Å². The largest absolute Gasteiger partial charge is 0.378 e. The number of aryl methyl sites for hydroxylation is 1. The molecule has 0 radical (unpaired) electrons. The van der Waals surface area contributed by atoms with Gasteiger partial charge >= 0.3 is 6.03 Å². The van der Waals surface area contributed by atoms with E-state index in [1.807, 2.05) is 44.2 Å². The standard InChI is InChI=1S/C27H30N6O2/c1-3-28-27(34)30-22-11-9-21(10-12-22)23-17-24(32-13-15-35-16-14-32)25-26(31-23)33(19(2)29-25)18-20-7-5-4-6-8-20/h4-12,17H,3,13-16,18H2,1-2H3,(H2,28,30,34). The molecule has 4 aromatic rings. The highest BCUT2D eigenvalue weighted by Crippen LogP contribution is 2.32. The summed E-state index contributed by atoms with van der Waals surface area (Å²) in [6.45, 7) is 8.24. The number of morpholine rings is 1. The van der Waals surface area contributed by atoms with Gasteiger partial charge in [0.05, 0.1) is 31.1 Å². The Morgan fingerprint density at radius 2 is 1.77 bits per heavy atom. The number of ether oxygens (including phenoxy) is 1. The molecule has 8 heteroatoms. The van der Waals surface area contributed by atoms with Gasteiger partial charge in [-0.25, -0.2) is 14.8 Å². The molecular weight excluding hydrogens is 440 g/mol. The van der Waals surface area contributed by atoms with Crippen molar-refractivity contribution in [1.82, 2.24) is 19.9 Å². The van der Waals surface area contributed by atoms with Crippen LogP contribution < -0.4 is 15.5 Å². The number of anilines is 2. The van der Waals surface area contributed by atoms with Crippen molar-refractivity contribution in [3.05, 3.63) is 72.1 Å². The van der Waals surface area contributed by atoms with E-state index in [0.717, 1.165) is 52.7 Å². The lowest BCUT2D eigenvalue weighted by Crippen LogP contribution is -2.36. The number of carbonyl (C=O) groups is 1. The lowest BCUT2D eigenvalue weighted by molar-refractivity contribution is 0.123. The van der Waals surface area contributed by atoms with Gasteiger partial charge in [0.25, 0.3) is 0 Å². The molecule has 0 saturated carbocycles. The normalized spacial score (nSPS) is 13.7. The molecule has 0 unspecified atom stereocenters. The van der Waals surface area contributed by atoms with Gasteiger partial charge in [0.15, 0.2) is 5.65 Å². The van der Waals surface area contributed by atoms with Crippen LogP contribution in [0.5, 0.6) is 0 Å². The van der Waals surface area contributed by atoms with Crippen molar-refractivity contribution < 1.29 is 9.53 Å². The Bertz CT molecular complexity index is 1310. The first-order valence-electron chi connectivity index (χ1n) is 12.0. The van der Waals surface area contributed by atoms with Gasteiger partial charge in [-0.15, -0.1) is 0 Å². The first-order chi connectivity index (χ1) is 17.1. The molecule has 5 rings (SSSR count). The van der Waals surface area contributed by atoms with Crippen LogP contribution in [0, 0.1) is 6.92 Å². The quantitative estimate of drug-likeness (QED) is 0.435. The number of hydrogen-bond donors (Lipinski definition) is 2. The summed E-state index contributed by atoms with van der Waals surface area (Å²) in [6.07, 6.45) is 0. The number of benzene rings is 2. The maximum Gasteiger partial charge on any atom is 0.319 e. The minimum atomic E-state index is -0.213. The molecule has 35 heavy (non-hydrogen) atoms. The summed E-state index contributed by atoms with van der Waals surface area (Å²) in [6, 6.07) is 20.1. The van der Waals surface area contributed by atoms with Gasteiger partial charge in [0.1, 0.15) is 11.3 Å². The van der Waals surface area contributed by atoms with E-state index in [9.17, 15) is 4.79 Å². The maximum absolute atomic E-state index is 11.9. The van der Waals surface area contributed by atoms with E-state index in [0.29, 0.717) is 26.3 Å². The van der Waals surface area contributed by atoms with Crippen molar-refractivity contribution in [3.63, 3.8) is 0 Å². The maximum atomic E-state index is 11.9. The first kappa shape index (κ1) is 22.9. The topological polar surface area (TPSA) is 84.3 Å². The average molecular weight is 471 g/mol. The zero-order valence-corrected chi connectivity index (χ0v) is 20.1. The van der Waals surface area contributed by atoms with Gasteiger partial charge in [0.2, 0.25) is 0 Å². The van der Waals surface area contributed by atoms with Gasteiger partial charge in [-0.05, 0) is 37.6 Å². The molecule has 0 spiro atoms. The Labute approximate surface area is 204 Å². The Hall–Kier alpha value is -3.91. The molecule has 2 aromatic heterocycles. The van der Waals surface area contributed by atoms with Crippen LogP contribution in [0.3, 0.4) is 0 Å². The van der Waals surface area contributed by atoms with Crippen LogP contribution in [0.25, 0.3) is 22.4 Å². The van der Waals surface area contributed by atoms with Crippen molar-refractivity contribution >= 4 is 28.6 Å². The summed E-state index contributed by atoms with van der Waals surface area (Å²) in [5, 5.41) is 5.59. The fourth-order valence-electron chi connectivity index (χ4n) is 4.39. The van der Waals surface area contributed by atoms with E-state index < -0.39 is 0 Å². The van der Waals surface area contributed by atoms with Crippen molar-refractivity contribution in [2.75, 3.05) is 43.1 Å². The lowest BCUT2D eigenvalue weighted by Gasteiger charge is -2.29. The highest BCUT2D eigenvalue weighted by molar-refractivity contribution is 5.91. The van der Waals surface area contributed by atoms with Crippen molar-refractivity contribution in [2.24, 2.45) is 0 Å². The molecule has 1 fully saturated rings. The summed E-state index contributed by atoms with van der Waals surface area (Å²) in [4.78, 5) is 24.2. The molecular formula is C27H30N6O2. The summed E-state index contributed by atoms with van der Waals surface area (Å²) in [7, 11) is 0. The first-order valence-corrected chi connectivity index (χ1v) is 12.0. The number of rotatable bonds is 6. The number of amides is 2. The number of nitrogens with zero attached hydrogens (tertiary/aromatic N) is 4. The van der Waals surface area contributed by atoms with Gasteiger partial charge in [-0.3, -0.25) is 0 Å². The molecule has 180 valence electrons. The number of nitrogens with one attached hydrogen (secondary N) is 2. The van der Waals surface area contributed by atoms with Crippen LogP contribution in [0.1, 0.15) is 18.3 Å². The van der Waals surface area contributed by atoms with Crippen LogP contribution in [-0.2, 0) is 11.3 Å². The molecule has 2 aromatic carbocycles. The monoisotopic (exact) mass is 470 g/mol. The number of imidazole rings is 1. The summed E-state index contributed by atoms with van der Waals surface area (Å²) in [5.41, 5.74) is 6.65. The summed E-state index contributed by atoms with van der Waals surface area (Å²) >= 11 is 0. The summed E-state index contributed by atoms with van der Waals surface area (Å²) in [5.74, 6) is 0.935. The minimum absolute atomic E-state index is 0.213. The zero-order valence-electron chi connectivity index (χ0n) is 20.1. The number of pyridine rings is 1. The van der Waals surface area contributed by atoms with E-state index >= 15 is 0 Å². The van der Waals surface area contributed by atoms with E-state index in [1.165, 1.54) is 5.56 Å². The molecule has 0 bridgehead atoms. The summed E-state index contributed by atoms with van der Waals surface area (Å²) < 4.78 is 7.78. The molecule has 0 aliphatic carbocycles. The number of carbonyl (C=O) groups excluding carboxylic acids is 1. The van der Waals surface area contributed by atoms with Crippen LogP contribution in [0.4, 0.5) is 16.2 Å². The van der Waals surface area contributed by atoms with Crippen molar-refractivity contribution in [1.29, 1.82) is 0 Å². The van der Waals surface area contributed by atoms with Crippen LogP contribution in [0.15, 0.2) is 60.7 Å². The van der Waals surface area contributed by atoms with E-state index in [2.05, 4.69) is 50.4 Å². The number of urea groups is 1. The Morgan fingerprint density at radius 1 is 1.03 bits per heavy atom. The lowest BCUT2D eigenvalue weighted by atomic mass is 10.1. The van der Waals surface area contributed by atoms with Crippen LogP contribution >= 0.6 is 0 Å². The van der Waals surface area contributed by atoms with Crippen LogP contribution in [-0.4, -0.2) is 53.4 Å². The molecule has 1 aliphatic rings. The van der Waals surface area contributed by atoms with E-state index in [1.54, 1.807) is 0 Å². The predicted octanol–water partition coefficient (Wildman–Crippen LogP) is 4.43. The highest BCUT2D eigenvalue weighted by Gasteiger charge is 2.21. The van der Waals surface area contributed by atoms with Crippen molar-refractivity contribution in [3.8, 4) is 11.3 Å². The molecule has 1 aliphatic heterocycles. The third-order valence-electron chi connectivity index (χ3n) is 6.19. The van der Waals surface area contributed by atoms with E-state index in [4.69, 9.17) is 14.7 Å². The molecule has 2 amide bonds. The fraction of sp³-hybridized carbons (Fsp3) is 0.296.